The zero-order chi connectivity index (χ0) is 13.1. The second-order valence-corrected chi connectivity index (χ2v) is 5.09. The zero-order valence-electron chi connectivity index (χ0n) is 10.2. The van der Waals surface area contributed by atoms with E-state index in [2.05, 4.69) is 24.1 Å². The van der Waals surface area contributed by atoms with Crippen LogP contribution in [0.3, 0.4) is 0 Å². The van der Waals surface area contributed by atoms with Gasteiger partial charge in [-0.3, -0.25) is 0 Å². The van der Waals surface area contributed by atoms with Gasteiger partial charge in [0.25, 0.3) is 0 Å². The summed E-state index contributed by atoms with van der Waals surface area (Å²) in [6.45, 7) is 4.81. The molecule has 2 rings (SSSR count). The molecule has 5 heteroatoms. The Morgan fingerprint density at radius 2 is 1.94 bits per heavy atom. The highest BCUT2D eigenvalue weighted by atomic mass is 35.5. The van der Waals surface area contributed by atoms with Gasteiger partial charge in [-0.05, 0) is 12.1 Å². The molecule has 3 nitrogen and oxygen atoms in total. The van der Waals surface area contributed by atoms with Gasteiger partial charge in [0, 0.05) is 12.6 Å². The fourth-order valence-corrected chi connectivity index (χ4v) is 2.07. The molecule has 0 radical (unpaired) electrons. The molecule has 0 aliphatic rings. The lowest BCUT2D eigenvalue weighted by Crippen LogP contribution is -2.21. The topological polar surface area (TPSA) is 38.1 Å². The summed E-state index contributed by atoms with van der Waals surface area (Å²) in [5.41, 5.74) is 1.46. The predicted octanol–water partition coefficient (Wildman–Crippen LogP) is 4.15. The second-order valence-electron chi connectivity index (χ2n) is 4.28. The molecule has 0 aliphatic carbocycles. The van der Waals surface area contributed by atoms with Gasteiger partial charge < -0.3 is 9.73 Å². The molecule has 0 saturated heterocycles. The average molecular weight is 285 g/mol. The molecule has 1 N–H and O–H groups in total. The number of nitrogens with zero attached hydrogens (tertiary/aromatic N) is 1. The summed E-state index contributed by atoms with van der Waals surface area (Å²) in [4.78, 5) is 4.38. The molecule has 0 aliphatic heterocycles. The minimum atomic E-state index is 0.397. The van der Waals surface area contributed by atoms with E-state index < -0.39 is 0 Å². The third kappa shape index (κ3) is 3.05. The van der Waals surface area contributed by atoms with E-state index in [0.29, 0.717) is 34.1 Å². The SMILES string of the molecule is CC(C)NCc1coc(-c2c(Cl)cccc2Cl)n1. The van der Waals surface area contributed by atoms with Gasteiger partial charge in [0.2, 0.25) is 5.89 Å². The summed E-state index contributed by atoms with van der Waals surface area (Å²) in [7, 11) is 0. The smallest absolute Gasteiger partial charge is 0.229 e. The molecule has 0 spiro atoms. The van der Waals surface area contributed by atoms with Crippen molar-refractivity contribution in [2.24, 2.45) is 0 Å². The van der Waals surface area contributed by atoms with Crippen LogP contribution in [-0.2, 0) is 6.54 Å². The van der Waals surface area contributed by atoms with Crippen molar-refractivity contribution in [3.63, 3.8) is 0 Å². The quantitative estimate of drug-likeness (QED) is 0.917. The molecular formula is C13H14Cl2N2O. The lowest BCUT2D eigenvalue weighted by Gasteiger charge is -2.04. The summed E-state index contributed by atoms with van der Waals surface area (Å²) < 4.78 is 5.42. The van der Waals surface area contributed by atoms with Crippen LogP contribution in [0.25, 0.3) is 11.5 Å². The van der Waals surface area contributed by atoms with Crippen LogP contribution in [0.4, 0.5) is 0 Å². The van der Waals surface area contributed by atoms with Crippen LogP contribution in [-0.4, -0.2) is 11.0 Å². The molecular weight excluding hydrogens is 271 g/mol. The van der Waals surface area contributed by atoms with Crippen LogP contribution in [0.1, 0.15) is 19.5 Å². The number of rotatable bonds is 4. The third-order valence-corrected chi connectivity index (χ3v) is 3.05. The van der Waals surface area contributed by atoms with Crippen molar-refractivity contribution in [1.29, 1.82) is 0 Å². The molecule has 2 aromatic rings. The van der Waals surface area contributed by atoms with Crippen molar-refractivity contribution in [3.8, 4) is 11.5 Å². The number of oxazole rings is 1. The first-order chi connectivity index (χ1) is 8.58. The van der Waals surface area contributed by atoms with E-state index in [9.17, 15) is 0 Å². The molecule has 1 aromatic carbocycles. The van der Waals surface area contributed by atoms with E-state index in [1.807, 2.05) is 0 Å². The largest absolute Gasteiger partial charge is 0.444 e. The van der Waals surface area contributed by atoms with Crippen molar-refractivity contribution in [3.05, 3.63) is 40.2 Å². The Balaban J connectivity index is 2.24. The van der Waals surface area contributed by atoms with Crippen LogP contribution in [0.2, 0.25) is 10.0 Å². The van der Waals surface area contributed by atoms with Gasteiger partial charge in [-0.2, -0.15) is 0 Å². The molecule has 96 valence electrons. The predicted molar refractivity (Wildman–Crippen MR) is 73.9 cm³/mol. The van der Waals surface area contributed by atoms with Crippen LogP contribution in [0.5, 0.6) is 0 Å². The molecule has 0 unspecified atom stereocenters. The molecule has 0 fully saturated rings. The Bertz CT molecular complexity index is 517. The van der Waals surface area contributed by atoms with Gasteiger partial charge in [-0.25, -0.2) is 4.98 Å². The van der Waals surface area contributed by atoms with Crippen molar-refractivity contribution in [2.75, 3.05) is 0 Å². The Labute approximate surface area is 116 Å². The molecule has 0 bridgehead atoms. The van der Waals surface area contributed by atoms with Crippen molar-refractivity contribution < 1.29 is 4.42 Å². The first-order valence-corrected chi connectivity index (χ1v) is 6.45. The number of benzene rings is 1. The minimum absolute atomic E-state index is 0.397. The van der Waals surface area contributed by atoms with Crippen LogP contribution in [0, 0.1) is 0 Å². The van der Waals surface area contributed by atoms with Gasteiger partial charge in [0.05, 0.1) is 21.3 Å². The van der Waals surface area contributed by atoms with Crippen LogP contribution >= 0.6 is 23.2 Å². The van der Waals surface area contributed by atoms with Gasteiger partial charge in [-0.1, -0.05) is 43.1 Å². The molecule has 1 heterocycles. The first-order valence-electron chi connectivity index (χ1n) is 5.70. The summed E-state index contributed by atoms with van der Waals surface area (Å²) in [5, 5.41) is 4.34. The maximum absolute atomic E-state index is 6.10. The van der Waals surface area contributed by atoms with Crippen LogP contribution < -0.4 is 5.32 Å². The van der Waals surface area contributed by atoms with E-state index in [1.165, 1.54) is 0 Å². The molecule has 1 aromatic heterocycles. The fraction of sp³-hybridized carbons (Fsp3) is 0.308. The highest BCUT2D eigenvalue weighted by Crippen LogP contribution is 2.33. The van der Waals surface area contributed by atoms with E-state index in [1.54, 1.807) is 24.5 Å². The van der Waals surface area contributed by atoms with Crippen molar-refractivity contribution >= 4 is 23.2 Å². The standard InChI is InChI=1S/C13H14Cl2N2O/c1-8(2)16-6-9-7-18-13(17-9)12-10(14)4-3-5-11(12)15/h3-5,7-8,16H,6H2,1-2H3. The lowest BCUT2D eigenvalue weighted by atomic mass is 10.2. The molecule has 0 saturated carbocycles. The van der Waals surface area contributed by atoms with E-state index >= 15 is 0 Å². The van der Waals surface area contributed by atoms with E-state index in [0.717, 1.165) is 5.69 Å². The number of hydrogen-bond acceptors (Lipinski definition) is 3. The number of halogens is 2. The maximum Gasteiger partial charge on any atom is 0.229 e. The van der Waals surface area contributed by atoms with Crippen molar-refractivity contribution in [1.82, 2.24) is 10.3 Å². The van der Waals surface area contributed by atoms with E-state index in [4.69, 9.17) is 27.6 Å². The molecule has 0 atom stereocenters. The molecule has 0 amide bonds. The van der Waals surface area contributed by atoms with Crippen LogP contribution in [0.15, 0.2) is 28.9 Å². The fourth-order valence-electron chi connectivity index (χ4n) is 1.51. The minimum Gasteiger partial charge on any atom is -0.444 e. The summed E-state index contributed by atoms with van der Waals surface area (Å²) in [6, 6.07) is 5.71. The third-order valence-electron chi connectivity index (χ3n) is 2.42. The maximum atomic E-state index is 6.10. The van der Waals surface area contributed by atoms with Crippen molar-refractivity contribution in [2.45, 2.75) is 26.4 Å². The number of hydrogen-bond donors (Lipinski definition) is 1. The Kier molecular flexibility index (Phi) is 4.27. The Morgan fingerprint density at radius 1 is 1.28 bits per heavy atom. The highest BCUT2D eigenvalue weighted by Gasteiger charge is 2.14. The Hall–Kier alpha value is -1.03. The molecule has 18 heavy (non-hydrogen) atoms. The first kappa shape index (κ1) is 13.4. The number of nitrogens with one attached hydrogen (secondary N) is 1. The van der Waals surface area contributed by atoms with Gasteiger partial charge >= 0.3 is 0 Å². The second kappa shape index (κ2) is 5.74. The Morgan fingerprint density at radius 3 is 2.56 bits per heavy atom. The zero-order valence-corrected chi connectivity index (χ0v) is 11.7. The van der Waals surface area contributed by atoms with Gasteiger partial charge in [-0.15, -0.1) is 0 Å². The highest BCUT2D eigenvalue weighted by molar-refractivity contribution is 6.38. The van der Waals surface area contributed by atoms with E-state index in [-0.39, 0.29) is 0 Å². The average Bonchev–Trinajstić information content (AvgIpc) is 2.75. The monoisotopic (exact) mass is 284 g/mol. The lowest BCUT2D eigenvalue weighted by molar-refractivity contribution is 0.560. The number of aromatic nitrogens is 1. The van der Waals surface area contributed by atoms with Gasteiger partial charge in [0.1, 0.15) is 6.26 Å². The summed E-state index contributed by atoms with van der Waals surface area (Å²) in [6.07, 6.45) is 1.62. The summed E-state index contributed by atoms with van der Waals surface area (Å²) >= 11 is 12.2. The normalized spacial score (nSPS) is 11.2. The van der Waals surface area contributed by atoms with Gasteiger partial charge in [0.15, 0.2) is 0 Å². The summed E-state index contributed by atoms with van der Waals surface area (Å²) in [5.74, 6) is 0.450.